The summed E-state index contributed by atoms with van der Waals surface area (Å²) < 4.78 is 17.2. The summed E-state index contributed by atoms with van der Waals surface area (Å²) in [6.07, 6.45) is 6.72. The Balaban J connectivity index is 4.48. The molecule has 0 saturated heterocycles. The van der Waals surface area contributed by atoms with Crippen LogP contribution in [-0.2, 0) is 14.2 Å². The summed E-state index contributed by atoms with van der Waals surface area (Å²) >= 11 is 0. The molecule has 0 aliphatic rings. The molecule has 5 heteroatoms. The number of unbranched alkanes of at least 4 members (excludes halogenated alkanes) is 1. The molecule has 0 aliphatic heterocycles. The Morgan fingerprint density at radius 2 is 0.857 bits per heavy atom. The van der Waals surface area contributed by atoms with Crippen LogP contribution in [0.1, 0.15) is 80.6 Å². The molecular formula is C23H50N2O3. The molecule has 28 heavy (non-hydrogen) atoms. The van der Waals surface area contributed by atoms with Gasteiger partial charge in [-0.2, -0.15) is 0 Å². The van der Waals surface area contributed by atoms with Crippen LogP contribution in [-0.4, -0.2) is 80.8 Å². The van der Waals surface area contributed by atoms with Gasteiger partial charge in [-0.15, -0.1) is 0 Å². The predicted octanol–water partition coefficient (Wildman–Crippen LogP) is 4.79. The Labute approximate surface area is 176 Å². The Bertz CT molecular complexity index is 309. The van der Waals surface area contributed by atoms with Gasteiger partial charge in [-0.05, 0) is 73.8 Å². The molecule has 0 rings (SSSR count). The first-order valence-electron chi connectivity index (χ1n) is 11.6. The van der Waals surface area contributed by atoms with Crippen molar-refractivity contribution in [1.29, 1.82) is 0 Å². The van der Waals surface area contributed by atoms with E-state index in [0.29, 0.717) is 18.3 Å². The first-order valence-corrected chi connectivity index (χ1v) is 11.6. The lowest BCUT2D eigenvalue weighted by molar-refractivity contribution is 0.0444. The number of hydrogen-bond donors (Lipinski definition) is 0. The fraction of sp³-hybridized carbons (Fsp3) is 1.00. The Morgan fingerprint density at radius 3 is 1.14 bits per heavy atom. The minimum atomic E-state index is 0.315. The molecular weight excluding hydrogens is 352 g/mol. The number of ether oxygens (including phenoxy) is 3. The van der Waals surface area contributed by atoms with Crippen molar-refractivity contribution in [2.24, 2.45) is 0 Å². The molecule has 0 fully saturated rings. The van der Waals surface area contributed by atoms with Gasteiger partial charge in [-0.1, -0.05) is 13.3 Å². The largest absolute Gasteiger partial charge is 0.379 e. The monoisotopic (exact) mass is 402 g/mol. The van der Waals surface area contributed by atoms with Gasteiger partial charge in [-0.3, -0.25) is 9.80 Å². The highest BCUT2D eigenvalue weighted by atomic mass is 16.5. The second-order valence-electron chi connectivity index (χ2n) is 8.55. The molecule has 0 amide bonds. The van der Waals surface area contributed by atoms with E-state index in [4.69, 9.17) is 14.2 Å². The maximum atomic E-state index is 5.74. The molecule has 0 aromatic rings. The van der Waals surface area contributed by atoms with E-state index < -0.39 is 0 Å². The average Bonchev–Trinajstić information content (AvgIpc) is 2.62. The normalized spacial score (nSPS) is 12.4. The zero-order valence-electron chi connectivity index (χ0n) is 20.0. The fourth-order valence-electron chi connectivity index (χ4n) is 2.99. The summed E-state index contributed by atoms with van der Waals surface area (Å²) in [5, 5.41) is 0. The minimum Gasteiger partial charge on any atom is -0.379 e. The van der Waals surface area contributed by atoms with E-state index in [9.17, 15) is 0 Å². The van der Waals surface area contributed by atoms with Crippen LogP contribution in [0.4, 0.5) is 0 Å². The van der Waals surface area contributed by atoms with Crippen LogP contribution in [0.2, 0.25) is 0 Å². The average molecular weight is 403 g/mol. The summed E-state index contributed by atoms with van der Waals surface area (Å²) in [6.45, 7) is 22.9. The molecule has 0 atom stereocenters. The standard InChI is InChI=1S/C23H50N2O3/c1-8-9-13-24(14-10-17-26-21(2)3)20-25(15-11-18-27-22(4)5)16-12-19-28-23(6)7/h21-23H,8-20H2,1-7H3. The van der Waals surface area contributed by atoms with Crippen molar-refractivity contribution in [3.8, 4) is 0 Å². The van der Waals surface area contributed by atoms with Crippen LogP contribution >= 0.6 is 0 Å². The molecule has 5 nitrogen and oxygen atoms in total. The molecule has 0 saturated carbocycles. The Hall–Kier alpha value is -0.200. The van der Waals surface area contributed by atoms with E-state index in [0.717, 1.165) is 65.4 Å². The zero-order valence-corrected chi connectivity index (χ0v) is 20.0. The van der Waals surface area contributed by atoms with Gasteiger partial charge >= 0.3 is 0 Å². The first-order chi connectivity index (χ1) is 13.3. The van der Waals surface area contributed by atoms with E-state index in [1.165, 1.54) is 19.4 Å². The highest BCUT2D eigenvalue weighted by Gasteiger charge is 2.12. The first kappa shape index (κ1) is 27.8. The zero-order chi connectivity index (χ0) is 21.2. The topological polar surface area (TPSA) is 34.2 Å². The van der Waals surface area contributed by atoms with Crippen molar-refractivity contribution in [2.45, 2.75) is 98.9 Å². The smallest absolute Gasteiger partial charge is 0.0518 e. The molecule has 0 unspecified atom stereocenters. The molecule has 170 valence electrons. The van der Waals surface area contributed by atoms with Gasteiger partial charge in [0.05, 0.1) is 25.0 Å². The molecule has 0 aromatic heterocycles. The second kappa shape index (κ2) is 18.8. The van der Waals surface area contributed by atoms with Gasteiger partial charge in [0, 0.05) is 39.5 Å². The van der Waals surface area contributed by atoms with Gasteiger partial charge in [-0.25, -0.2) is 0 Å². The SMILES string of the molecule is CCCCN(CCCOC(C)C)CN(CCCOC(C)C)CCCOC(C)C. The van der Waals surface area contributed by atoms with Crippen LogP contribution in [0.3, 0.4) is 0 Å². The van der Waals surface area contributed by atoms with Crippen molar-refractivity contribution >= 4 is 0 Å². The van der Waals surface area contributed by atoms with Crippen LogP contribution in [0.5, 0.6) is 0 Å². The molecule has 0 heterocycles. The van der Waals surface area contributed by atoms with E-state index >= 15 is 0 Å². The molecule has 0 bridgehead atoms. The van der Waals surface area contributed by atoms with Crippen molar-refractivity contribution < 1.29 is 14.2 Å². The molecule has 0 radical (unpaired) electrons. The lowest BCUT2D eigenvalue weighted by Gasteiger charge is -2.31. The van der Waals surface area contributed by atoms with Crippen molar-refractivity contribution in [3.63, 3.8) is 0 Å². The summed E-state index contributed by atoms with van der Waals surface area (Å²) in [5.74, 6) is 0. The third-order valence-electron chi connectivity index (χ3n) is 4.44. The van der Waals surface area contributed by atoms with Crippen LogP contribution in [0.15, 0.2) is 0 Å². The molecule has 0 aromatic carbocycles. The maximum absolute atomic E-state index is 5.74. The Kier molecular flexibility index (Phi) is 18.7. The summed E-state index contributed by atoms with van der Waals surface area (Å²) in [6, 6.07) is 0. The number of hydrogen-bond acceptors (Lipinski definition) is 5. The molecule has 0 aliphatic carbocycles. The fourth-order valence-corrected chi connectivity index (χ4v) is 2.99. The van der Waals surface area contributed by atoms with Gasteiger partial charge in [0.1, 0.15) is 0 Å². The van der Waals surface area contributed by atoms with Gasteiger partial charge in [0.2, 0.25) is 0 Å². The Morgan fingerprint density at radius 1 is 0.536 bits per heavy atom. The quantitative estimate of drug-likeness (QED) is 0.216. The summed E-state index contributed by atoms with van der Waals surface area (Å²) in [4.78, 5) is 5.17. The third kappa shape index (κ3) is 19.1. The van der Waals surface area contributed by atoms with E-state index in [-0.39, 0.29) is 0 Å². The predicted molar refractivity (Wildman–Crippen MR) is 120 cm³/mol. The van der Waals surface area contributed by atoms with Gasteiger partial charge in [0.25, 0.3) is 0 Å². The third-order valence-corrected chi connectivity index (χ3v) is 4.44. The van der Waals surface area contributed by atoms with Crippen molar-refractivity contribution in [1.82, 2.24) is 9.80 Å². The summed E-state index contributed by atoms with van der Waals surface area (Å²) in [5.41, 5.74) is 0. The van der Waals surface area contributed by atoms with Gasteiger partial charge < -0.3 is 14.2 Å². The lowest BCUT2D eigenvalue weighted by atomic mass is 10.3. The van der Waals surface area contributed by atoms with E-state index in [1.807, 2.05) is 0 Å². The van der Waals surface area contributed by atoms with Crippen LogP contribution < -0.4 is 0 Å². The van der Waals surface area contributed by atoms with Crippen LogP contribution in [0.25, 0.3) is 0 Å². The lowest BCUT2D eigenvalue weighted by Crippen LogP contribution is -2.41. The highest BCUT2D eigenvalue weighted by Crippen LogP contribution is 2.05. The van der Waals surface area contributed by atoms with E-state index in [2.05, 4.69) is 58.3 Å². The molecule has 0 N–H and O–H groups in total. The van der Waals surface area contributed by atoms with E-state index in [1.54, 1.807) is 0 Å². The number of nitrogens with zero attached hydrogens (tertiary/aromatic N) is 2. The minimum absolute atomic E-state index is 0.315. The summed E-state index contributed by atoms with van der Waals surface area (Å²) in [7, 11) is 0. The highest BCUT2D eigenvalue weighted by molar-refractivity contribution is 4.63. The van der Waals surface area contributed by atoms with Gasteiger partial charge in [0.15, 0.2) is 0 Å². The van der Waals surface area contributed by atoms with Crippen molar-refractivity contribution in [2.75, 3.05) is 52.7 Å². The molecule has 0 spiro atoms. The van der Waals surface area contributed by atoms with Crippen LogP contribution in [0, 0.1) is 0 Å². The van der Waals surface area contributed by atoms with Crippen molar-refractivity contribution in [3.05, 3.63) is 0 Å². The maximum Gasteiger partial charge on any atom is 0.0518 e. The number of rotatable bonds is 20. The second-order valence-corrected chi connectivity index (χ2v) is 8.55.